The molecule has 0 atom stereocenters. The van der Waals surface area contributed by atoms with Gasteiger partial charge in [0.25, 0.3) is 0 Å². The van der Waals surface area contributed by atoms with Crippen LogP contribution in [0.4, 0.5) is 5.69 Å². The van der Waals surface area contributed by atoms with Crippen LogP contribution in [0.2, 0.25) is 5.15 Å². The summed E-state index contributed by atoms with van der Waals surface area (Å²) < 4.78 is 0. The van der Waals surface area contributed by atoms with Gasteiger partial charge < -0.3 is 5.32 Å². The molecule has 0 amide bonds. The Kier molecular flexibility index (Phi) is 5.48. The van der Waals surface area contributed by atoms with Gasteiger partial charge in [0.15, 0.2) is 5.15 Å². The summed E-state index contributed by atoms with van der Waals surface area (Å²) in [4.78, 5) is 4.06. The highest BCUT2D eigenvalue weighted by molar-refractivity contribution is 6.32. The quantitative estimate of drug-likeness (QED) is 0.585. The van der Waals surface area contributed by atoms with E-state index in [0.717, 1.165) is 17.8 Å². The predicted octanol–water partition coefficient (Wildman–Crippen LogP) is 4.04. The van der Waals surface area contributed by atoms with Crippen LogP contribution < -0.4 is 5.32 Å². The minimum Gasteiger partial charge on any atom is -0.382 e. The van der Waals surface area contributed by atoms with Crippen LogP contribution in [0.5, 0.6) is 0 Å². The number of nitrogens with zero attached hydrogens (tertiary/aromatic N) is 1. The van der Waals surface area contributed by atoms with Crippen molar-refractivity contribution in [3.05, 3.63) is 23.0 Å². The molecule has 0 aliphatic rings. The van der Waals surface area contributed by atoms with Gasteiger partial charge in [-0.3, -0.25) is 0 Å². The van der Waals surface area contributed by atoms with Gasteiger partial charge in [-0.25, -0.2) is 4.98 Å². The number of nitrogens with one attached hydrogen (secondary N) is 1. The number of anilines is 1. The molecule has 2 nitrogen and oxygen atoms in total. The number of rotatable bonds is 6. The Balaban J connectivity index is 2.37. The first-order chi connectivity index (χ1) is 7.25. The van der Waals surface area contributed by atoms with Gasteiger partial charge in [-0.2, -0.15) is 0 Å². The van der Waals surface area contributed by atoms with Gasteiger partial charge >= 0.3 is 0 Å². The van der Waals surface area contributed by atoms with Crippen molar-refractivity contribution in [2.75, 3.05) is 11.9 Å². The Morgan fingerprint density at radius 3 is 2.80 bits per heavy atom. The molecular formula is C12H19ClN2. The predicted molar refractivity (Wildman–Crippen MR) is 66.6 cm³/mol. The van der Waals surface area contributed by atoms with E-state index in [-0.39, 0.29) is 0 Å². The van der Waals surface area contributed by atoms with E-state index in [2.05, 4.69) is 17.2 Å². The highest BCUT2D eigenvalue weighted by Crippen LogP contribution is 2.22. The lowest BCUT2D eigenvalue weighted by molar-refractivity contribution is 0.685. The Bertz CT molecular complexity index is 279. The summed E-state index contributed by atoms with van der Waals surface area (Å²) in [5, 5.41) is 3.92. The summed E-state index contributed by atoms with van der Waals surface area (Å²) in [5.74, 6) is 0. The van der Waals surface area contributed by atoms with Crippen molar-refractivity contribution in [2.24, 2.45) is 0 Å². The molecule has 0 bridgehead atoms. The fourth-order valence-electron chi connectivity index (χ4n) is 1.50. The summed E-state index contributed by atoms with van der Waals surface area (Å²) in [6.07, 6.45) is 6.78. The minimum atomic E-state index is 0.575. The molecule has 0 fully saturated rings. The molecule has 0 aliphatic carbocycles. The van der Waals surface area contributed by atoms with E-state index in [4.69, 9.17) is 11.6 Å². The number of hydrogen-bond donors (Lipinski definition) is 1. The van der Waals surface area contributed by atoms with Crippen molar-refractivity contribution in [3.8, 4) is 0 Å². The zero-order valence-electron chi connectivity index (χ0n) is 9.52. The Labute approximate surface area is 97.1 Å². The molecule has 0 spiro atoms. The van der Waals surface area contributed by atoms with Crippen molar-refractivity contribution < 1.29 is 0 Å². The maximum absolute atomic E-state index is 6.00. The summed E-state index contributed by atoms with van der Waals surface area (Å²) in [7, 11) is 0. The number of aryl methyl sites for hydroxylation is 1. The molecule has 0 unspecified atom stereocenters. The van der Waals surface area contributed by atoms with Crippen LogP contribution in [0, 0.1) is 6.92 Å². The van der Waals surface area contributed by atoms with Crippen LogP contribution in [0.1, 0.15) is 38.2 Å². The first kappa shape index (κ1) is 12.3. The number of pyridine rings is 1. The third-order valence-corrected chi connectivity index (χ3v) is 2.73. The molecule has 1 aromatic rings. The molecule has 0 radical (unpaired) electrons. The first-order valence-electron chi connectivity index (χ1n) is 5.60. The molecule has 0 aliphatic heterocycles. The molecule has 3 heteroatoms. The van der Waals surface area contributed by atoms with Gasteiger partial charge in [-0.1, -0.05) is 37.8 Å². The summed E-state index contributed by atoms with van der Waals surface area (Å²) in [5.41, 5.74) is 2.14. The molecule has 15 heavy (non-hydrogen) atoms. The van der Waals surface area contributed by atoms with E-state index in [1.165, 1.54) is 25.7 Å². The first-order valence-corrected chi connectivity index (χ1v) is 5.98. The lowest BCUT2D eigenvalue weighted by Gasteiger charge is -2.10. The van der Waals surface area contributed by atoms with Crippen LogP contribution in [0.25, 0.3) is 0 Å². The van der Waals surface area contributed by atoms with Crippen molar-refractivity contribution in [2.45, 2.75) is 39.5 Å². The number of hydrogen-bond acceptors (Lipinski definition) is 2. The van der Waals surface area contributed by atoms with E-state index in [1.807, 2.05) is 13.0 Å². The zero-order chi connectivity index (χ0) is 11.1. The van der Waals surface area contributed by atoms with Crippen molar-refractivity contribution in [1.82, 2.24) is 4.98 Å². The highest BCUT2D eigenvalue weighted by atomic mass is 35.5. The Hall–Kier alpha value is -0.760. The number of unbranched alkanes of at least 4 members (excludes halogenated alkanes) is 3. The van der Waals surface area contributed by atoms with E-state index in [9.17, 15) is 0 Å². The summed E-state index contributed by atoms with van der Waals surface area (Å²) in [6, 6.07) is 1.97. The van der Waals surface area contributed by atoms with E-state index in [0.29, 0.717) is 5.15 Å². The van der Waals surface area contributed by atoms with E-state index in [1.54, 1.807) is 6.20 Å². The molecule has 1 aromatic heterocycles. The maximum atomic E-state index is 6.00. The third-order valence-electron chi connectivity index (χ3n) is 2.45. The molecule has 1 N–H and O–H groups in total. The monoisotopic (exact) mass is 226 g/mol. The second-order valence-corrected chi connectivity index (χ2v) is 4.14. The van der Waals surface area contributed by atoms with Gasteiger partial charge in [0.2, 0.25) is 0 Å². The molecule has 1 rings (SSSR count). The Morgan fingerprint density at radius 2 is 2.13 bits per heavy atom. The normalized spacial score (nSPS) is 10.3. The largest absolute Gasteiger partial charge is 0.382 e. The fourth-order valence-corrected chi connectivity index (χ4v) is 1.77. The standard InChI is InChI=1S/C12H19ClN2/c1-3-4-5-6-8-14-11-10(2)7-9-15-12(11)13/h7,9,14H,3-6,8H2,1-2H3. The van der Waals surface area contributed by atoms with Crippen LogP contribution in [0.3, 0.4) is 0 Å². The average molecular weight is 227 g/mol. The molecule has 0 saturated heterocycles. The Morgan fingerprint density at radius 1 is 1.33 bits per heavy atom. The maximum Gasteiger partial charge on any atom is 0.152 e. The molecular weight excluding hydrogens is 208 g/mol. The van der Waals surface area contributed by atoms with Crippen molar-refractivity contribution >= 4 is 17.3 Å². The van der Waals surface area contributed by atoms with Gasteiger partial charge in [0.05, 0.1) is 5.69 Å². The SMILES string of the molecule is CCCCCCNc1c(C)ccnc1Cl. The van der Waals surface area contributed by atoms with Gasteiger partial charge in [-0.15, -0.1) is 0 Å². The van der Waals surface area contributed by atoms with Crippen LogP contribution in [-0.2, 0) is 0 Å². The van der Waals surface area contributed by atoms with Crippen LogP contribution >= 0.6 is 11.6 Å². The highest BCUT2D eigenvalue weighted by Gasteiger charge is 2.02. The van der Waals surface area contributed by atoms with Gasteiger partial charge in [0.1, 0.15) is 0 Å². The van der Waals surface area contributed by atoms with E-state index >= 15 is 0 Å². The fraction of sp³-hybridized carbons (Fsp3) is 0.583. The number of aromatic nitrogens is 1. The molecule has 0 saturated carbocycles. The summed E-state index contributed by atoms with van der Waals surface area (Å²) >= 11 is 6.00. The molecule has 1 heterocycles. The number of halogens is 1. The second-order valence-electron chi connectivity index (χ2n) is 3.78. The van der Waals surface area contributed by atoms with Crippen LogP contribution in [0.15, 0.2) is 12.3 Å². The summed E-state index contributed by atoms with van der Waals surface area (Å²) in [6.45, 7) is 5.24. The molecule has 84 valence electrons. The second kappa shape index (κ2) is 6.67. The van der Waals surface area contributed by atoms with E-state index < -0.39 is 0 Å². The van der Waals surface area contributed by atoms with Crippen molar-refractivity contribution in [1.29, 1.82) is 0 Å². The average Bonchev–Trinajstić information content (AvgIpc) is 2.21. The van der Waals surface area contributed by atoms with Gasteiger partial charge in [0, 0.05) is 12.7 Å². The molecule has 0 aromatic carbocycles. The third kappa shape index (κ3) is 4.08. The van der Waals surface area contributed by atoms with Gasteiger partial charge in [-0.05, 0) is 25.0 Å². The van der Waals surface area contributed by atoms with Crippen molar-refractivity contribution in [3.63, 3.8) is 0 Å². The lowest BCUT2D eigenvalue weighted by Crippen LogP contribution is -2.04. The lowest BCUT2D eigenvalue weighted by atomic mass is 10.2. The topological polar surface area (TPSA) is 24.9 Å². The zero-order valence-corrected chi connectivity index (χ0v) is 10.3. The van der Waals surface area contributed by atoms with Crippen LogP contribution in [-0.4, -0.2) is 11.5 Å². The minimum absolute atomic E-state index is 0.575. The smallest absolute Gasteiger partial charge is 0.152 e.